The molecule has 2 rings (SSSR count). The van der Waals surface area contributed by atoms with Crippen molar-refractivity contribution in [1.82, 2.24) is 25.3 Å². The molecule has 0 radical (unpaired) electrons. The third-order valence-electron chi connectivity index (χ3n) is 5.12. The van der Waals surface area contributed by atoms with Crippen LogP contribution in [0.1, 0.15) is 50.6 Å². The van der Waals surface area contributed by atoms with Gasteiger partial charge in [0.15, 0.2) is 5.96 Å². The van der Waals surface area contributed by atoms with Crippen molar-refractivity contribution in [2.45, 2.75) is 51.1 Å². The molecule has 25 heavy (non-hydrogen) atoms. The number of aryl methyl sites for hydroxylation is 1. The van der Waals surface area contributed by atoms with Gasteiger partial charge in [-0.3, -0.25) is 9.67 Å². The molecule has 1 aromatic rings. The smallest absolute Gasteiger partial charge is 0.191 e. The van der Waals surface area contributed by atoms with Crippen molar-refractivity contribution in [3.8, 4) is 0 Å². The molecule has 0 bridgehead atoms. The summed E-state index contributed by atoms with van der Waals surface area (Å²) in [6, 6.07) is 0.818. The lowest BCUT2D eigenvalue weighted by Crippen LogP contribution is -2.47. The maximum absolute atomic E-state index is 4.42. The standard InChI is InChI=1S/C18H34N6.HI/c1-6-14-8-7-9-16(10-14)22-18(19-2)20-12-17(23(3)4)15-11-21-24(5)13-15;/h11,13-14,16-17H,6-10,12H2,1-5H3,(H2,19,20,22);1H. The molecular formula is C18H35IN6. The van der Waals surface area contributed by atoms with Gasteiger partial charge in [0.2, 0.25) is 0 Å². The van der Waals surface area contributed by atoms with E-state index in [1.165, 1.54) is 37.7 Å². The largest absolute Gasteiger partial charge is 0.354 e. The molecule has 1 fully saturated rings. The first kappa shape index (κ1) is 22.2. The summed E-state index contributed by atoms with van der Waals surface area (Å²) in [5.41, 5.74) is 1.22. The first-order valence-electron chi connectivity index (χ1n) is 9.15. The number of hydrogen-bond acceptors (Lipinski definition) is 3. The van der Waals surface area contributed by atoms with Gasteiger partial charge < -0.3 is 15.5 Å². The molecule has 6 nitrogen and oxygen atoms in total. The molecule has 0 amide bonds. The molecule has 2 N–H and O–H groups in total. The van der Waals surface area contributed by atoms with Gasteiger partial charge in [0.05, 0.1) is 12.2 Å². The van der Waals surface area contributed by atoms with Crippen molar-refractivity contribution < 1.29 is 0 Å². The van der Waals surface area contributed by atoms with Crippen LogP contribution in [-0.2, 0) is 7.05 Å². The molecule has 1 saturated carbocycles. The summed E-state index contributed by atoms with van der Waals surface area (Å²) in [6.45, 7) is 3.11. The van der Waals surface area contributed by atoms with Crippen molar-refractivity contribution in [2.75, 3.05) is 27.7 Å². The predicted molar refractivity (Wildman–Crippen MR) is 116 cm³/mol. The van der Waals surface area contributed by atoms with Gasteiger partial charge in [0, 0.05) is 38.4 Å². The van der Waals surface area contributed by atoms with Gasteiger partial charge in [-0.1, -0.05) is 26.2 Å². The van der Waals surface area contributed by atoms with Crippen LogP contribution in [0.5, 0.6) is 0 Å². The van der Waals surface area contributed by atoms with Crippen molar-refractivity contribution in [3.05, 3.63) is 18.0 Å². The highest BCUT2D eigenvalue weighted by molar-refractivity contribution is 14.0. The molecular weight excluding hydrogens is 427 g/mol. The van der Waals surface area contributed by atoms with Crippen molar-refractivity contribution in [1.29, 1.82) is 0 Å². The first-order valence-corrected chi connectivity index (χ1v) is 9.15. The van der Waals surface area contributed by atoms with E-state index < -0.39 is 0 Å². The second-order valence-corrected chi connectivity index (χ2v) is 7.16. The zero-order valence-electron chi connectivity index (χ0n) is 16.3. The van der Waals surface area contributed by atoms with Crippen LogP contribution in [0.4, 0.5) is 0 Å². The minimum atomic E-state index is 0. The molecule has 0 aliphatic heterocycles. The van der Waals surface area contributed by atoms with Gasteiger partial charge in [-0.25, -0.2) is 0 Å². The maximum Gasteiger partial charge on any atom is 0.191 e. The molecule has 0 spiro atoms. The Hall–Kier alpha value is -0.830. The van der Waals surface area contributed by atoms with Crippen LogP contribution in [0.25, 0.3) is 0 Å². The molecule has 1 aromatic heterocycles. The third kappa shape index (κ3) is 6.77. The summed E-state index contributed by atoms with van der Waals surface area (Å²) < 4.78 is 1.85. The summed E-state index contributed by atoms with van der Waals surface area (Å²) in [7, 11) is 8.01. The summed E-state index contributed by atoms with van der Waals surface area (Å²) in [5.74, 6) is 1.77. The Labute approximate surface area is 169 Å². The normalized spacial score (nSPS) is 22.4. The average molecular weight is 462 g/mol. The van der Waals surface area contributed by atoms with E-state index in [-0.39, 0.29) is 30.0 Å². The third-order valence-corrected chi connectivity index (χ3v) is 5.12. The molecule has 3 unspecified atom stereocenters. The zero-order valence-corrected chi connectivity index (χ0v) is 18.7. The van der Waals surface area contributed by atoms with E-state index in [1.807, 2.05) is 25.0 Å². The topological polar surface area (TPSA) is 57.5 Å². The van der Waals surface area contributed by atoms with E-state index in [9.17, 15) is 0 Å². The highest BCUT2D eigenvalue weighted by Gasteiger charge is 2.22. The van der Waals surface area contributed by atoms with Crippen LogP contribution in [-0.4, -0.2) is 54.4 Å². The monoisotopic (exact) mass is 462 g/mol. The number of halogens is 1. The lowest BCUT2D eigenvalue weighted by atomic mass is 9.84. The molecule has 0 aromatic carbocycles. The average Bonchev–Trinajstić information content (AvgIpc) is 3.00. The van der Waals surface area contributed by atoms with Crippen LogP contribution in [0, 0.1) is 5.92 Å². The fourth-order valence-corrected chi connectivity index (χ4v) is 3.59. The quantitative estimate of drug-likeness (QED) is 0.388. The van der Waals surface area contributed by atoms with Gasteiger partial charge in [-0.15, -0.1) is 24.0 Å². The van der Waals surface area contributed by atoms with Gasteiger partial charge in [0.25, 0.3) is 0 Å². The zero-order chi connectivity index (χ0) is 17.5. The van der Waals surface area contributed by atoms with E-state index >= 15 is 0 Å². The van der Waals surface area contributed by atoms with Gasteiger partial charge in [0.1, 0.15) is 0 Å². The van der Waals surface area contributed by atoms with Crippen LogP contribution >= 0.6 is 24.0 Å². The van der Waals surface area contributed by atoms with E-state index in [0.29, 0.717) is 6.04 Å². The predicted octanol–water partition coefficient (Wildman–Crippen LogP) is 2.77. The summed E-state index contributed by atoms with van der Waals surface area (Å²) in [4.78, 5) is 6.63. The molecule has 144 valence electrons. The number of aliphatic imine (C=N–C) groups is 1. The summed E-state index contributed by atoms with van der Waals surface area (Å²) in [6.07, 6.45) is 10.5. The first-order chi connectivity index (χ1) is 11.5. The fraction of sp³-hybridized carbons (Fsp3) is 0.778. The fourth-order valence-electron chi connectivity index (χ4n) is 3.59. The number of rotatable bonds is 6. The van der Waals surface area contributed by atoms with E-state index in [4.69, 9.17) is 0 Å². The Kier molecular flexibility index (Phi) is 9.78. The van der Waals surface area contributed by atoms with E-state index in [2.05, 4.69) is 52.8 Å². The second kappa shape index (κ2) is 11.0. The minimum Gasteiger partial charge on any atom is -0.354 e. The number of aromatic nitrogens is 2. The van der Waals surface area contributed by atoms with Gasteiger partial charge >= 0.3 is 0 Å². The van der Waals surface area contributed by atoms with E-state index in [1.54, 1.807) is 0 Å². The van der Waals surface area contributed by atoms with Crippen molar-refractivity contribution in [2.24, 2.45) is 18.0 Å². The molecule has 7 heteroatoms. The number of guanidine groups is 1. The Morgan fingerprint density at radius 2 is 2.20 bits per heavy atom. The summed E-state index contributed by atoms with van der Waals surface area (Å²) in [5, 5.41) is 11.4. The second-order valence-electron chi connectivity index (χ2n) is 7.16. The van der Waals surface area contributed by atoms with Crippen LogP contribution in [0.2, 0.25) is 0 Å². The maximum atomic E-state index is 4.42. The number of likely N-dealkylation sites (N-methyl/N-ethyl adjacent to an activating group) is 1. The lowest BCUT2D eigenvalue weighted by Gasteiger charge is -2.31. The van der Waals surface area contributed by atoms with Crippen molar-refractivity contribution >= 4 is 29.9 Å². The molecule has 0 saturated heterocycles. The summed E-state index contributed by atoms with van der Waals surface area (Å²) >= 11 is 0. The SMILES string of the molecule is CCC1CCCC(NC(=NC)NCC(c2cnn(C)c2)N(C)C)C1.I. The molecule has 3 atom stereocenters. The van der Waals surface area contributed by atoms with Gasteiger partial charge in [-0.05, 0) is 32.9 Å². The molecule has 1 aliphatic rings. The van der Waals surface area contributed by atoms with Crippen LogP contribution in [0.3, 0.4) is 0 Å². The lowest BCUT2D eigenvalue weighted by molar-refractivity contribution is 0.289. The number of hydrogen-bond donors (Lipinski definition) is 2. The Bertz CT molecular complexity index is 527. The van der Waals surface area contributed by atoms with Crippen LogP contribution in [0.15, 0.2) is 17.4 Å². The van der Waals surface area contributed by atoms with Gasteiger partial charge in [-0.2, -0.15) is 5.10 Å². The highest BCUT2D eigenvalue weighted by atomic mass is 127. The Morgan fingerprint density at radius 1 is 1.44 bits per heavy atom. The molecule has 1 aliphatic carbocycles. The number of nitrogens with zero attached hydrogens (tertiary/aromatic N) is 4. The molecule has 1 heterocycles. The Balaban J connectivity index is 0.00000312. The van der Waals surface area contributed by atoms with Crippen molar-refractivity contribution in [3.63, 3.8) is 0 Å². The van der Waals surface area contributed by atoms with E-state index in [0.717, 1.165) is 18.4 Å². The number of nitrogens with one attached hydrogen (secondary N) is 2. The Morgan fingerprint density at radius 3 is 2.76 bits per heavy atom. The minimum absolute atomic E-state index is 0. The highest BCUT2D eigenvalue weighted by Crippen LogP contribution is 2.26. The van der Waals surface area contributed by atoms with Crippen LogP contribution < -0.4 is 10.6 Å².